The summed E-state index contributed by atoms with van der Waals surface area (Å²) in [6, 6.07) is 0. The van der Waals surface area contributed by atoms with E-state index in [1.54, 1.807) is 11.6 Å². The Kier molecular flexibility index (Phi) is 3.16. The van der Waals surface area contributed by atoms with Gasteiger partial charge in [-0.2, -0.15) is 0 Å². The molecule has 0 aliphatic rings. The molecule has 1 N–H and O–H groups in total. The minimum Gasteiger partial charge on any atom is -0.481 e. The van der Waals surface area contributed by atoms with Crippen molar-refractivity contribution >= 4 is 17.6 Å². The van der Waals surface area contributed by atoms with E-state index in [-0.39, 0.29) is 11.1 Å². The molecule has 0 bridgehead atoms. The van der Waals surface area contributed by atoms with Crippen LogP contribution in [0.3, 0.4) is 0 Å². The highest BCUT2D eigenvalue weighted by Gasteiger charge is 2.28. The third kappa shape index (κ3) is 1.90. The second-order valence-corrected chi connectivity index (χ2v) is 3.95. The lowest BCUT2D eigenvalue weighted by Gasteiger charge is -2.16. The molecule has 1 atom stereocenters. The highest BCUT2D eigenvalue weighted by molar-refractivity contribution is 6.30. The van der Waals surface area contributed by atoms with Crippen molar-refractivity contribution < 1.29 is 9.90 Å². The van der Waals surface area contributed by atoms with Gasteiger partial charge in [0.1, 0.15) is 5.92 Å². The molecule has 0 aromatic carbocycles. The molecular weight excluding hydrogens is 204 g/mol. The quantitative estimate of drug-likeness (QED) is 0.840. The van der Waals surface area contributed by atoms with Crippen LogP contribution in [0.5, 0.6) is 0 Å². The molecule has 0 fully saturated rings. The zero-order valence-electron chi connectivity index (χ0n) is 8.36. The van der Waals surface area contributed by atoms with Gasteiger partial charge in [0, 0.05) is 7.05 Å². The van der Waals surface area contributed by atoms with Crippen molar-refractivity contribution in [3.63, 3.8) is 0 Å². The zero-order valence-corrected chi connectivity index (χ0v) is 9.12. The number of imidazole rings is 1. The fourth-order valence-corrected chi connectivity index (χ4v) is 1.77. The molecule has 14 heavy (non-hydrogen) atoms. The molecule has 0 spiro atoms. The number of aryl methyl sites for hydroxylation is 1. The van der Waals surface area contributed by atoms with Crippen LogP contribution in [-0.4, -0.2) is 20.6 Å². The van der Waals surface area contributed by atoms with Gasteiger partial charge in [-0.05, 0) is 5.92 Å². The smallest absolute Gasteiger partial charge is 0.312 e. The molecule has 1 unspecified atom stereocenters. The van der Waals surface area contributed by atoms with Crippen LogP contribution in [0.1, 0.15) is 25.5 Å². The van der Waals surface area contributed by atoms with Crippen LogP contribution in [-0.2, 0) is 11.8 Å². The fraction of sp³-hybridized carbons (Fsp3) is 0.556. The molecule has 0 amide bonds. The number of aliphatic carboxylic acids is 1. The second-order valence-electron chi connectivity index (χ2n) is 3.59. The summed E-state index contributed by atoms with van der Waals surface area (Å²) in [6.45, 7) is 3.70. The number of carboxylic acid groups (broad SMARTS) is 1. The van der Waals surface area contributed by atoms with Crippen LogP contribution in [0.2, 0.25) is 5.15 Å². The van der Waals surface area contributed by atoms with Gasteiger partial charge in [-0.25, -0.2) is 4.98 Å². The molecule has 0 aliphatic heterocycles. The topological polar surface area (TPSA) is 55.1 Å². The van der Waals surface area contributed by atoms with Gasteiger partial charge in [-0.3, -0.25) is 4.79 Å². The van der Waals surface area contributed by atoms with Crippen molar-refractivity contribution in [2.24, 2.45) is 13.0 Å². The molecular formula is C9H13ClN2O2. The average Bonchev–Trinajstić information content (AvgIpc) is 2.34. The number of halogens is 1. The first kappa shape index (κ1) is 11.0. The molecule has 0 saturated heterocycles. The molecule has 1 aromatic rings. The zero-order chi connectivity index (χ0) is 10.9. The molecule has 0 radical (unpaired) electrons. The average molecular weight is 217 g/mol. The van der Waals surface area contributed by atoms with Crippen LogP contribution < -0.4 is 0 Å². The summed E-state index contributed by atoms with van der Waals surface area (Å²) in [4.78, 5) is 14.9. The minimum atomic E-state index is -0.870. The molecule has 5 heteroatoms. The van der Waals surface area contributed by atoms with Gasteiger partial charge in [-0.1, -0.05) is 25.4 Å². The predicted octanol–water partition coefficient (Wildman–Crippen LogP) is 1.90. The van der Waals surface area contributed by atoms with E-state index in [9.17, 15) is 4.79 Å². The Morgan fingerprint density at radius 1 is 1.64 bits per heavy atom. The van der Waals surface area contributed by atoms with Crippen LogP contribution in [0.25, 0.3) is 0 Å². The summed E-state index contributed by atoms with van der Waals surface area (Å²) < 4.78 is 1.65. The largest absolute Gasteiger partial charge is 0.481 e. The minimum absolute atomic E-state index is 0.0135. The Hall–Kier alpha value is -1.03. The summed E-state index contributed by atoms with van der Waals surface area (Å²) in [6.07, 6.45) is 1.52. The third-order valence-corrected chi connectivity index (χ3v) is 2.45. The Balaban J connectivity index is 3.17. The molecule has 1 rings (SSSR count). The molecule has 78 valence electrons. The summed E-state index contributed by atoms with van der Waals surface area (Å²) in [5, 5.41) is 9.34. The predicted molar refractivity (Wildman–Crippen MR) is 53.4 cm³/mol. The normalized spacial score (nSPS) is 13.2. The Bertz CT molecular complexity index is 327. The van der Waals surface area contributed by atoms with Crippen molar-refractivity contribution in [2.45, 2.75) is 19.8 Å². The third-order valence-electron chi connectivity index (χ3n) is 2.16. The van der Waals surface area contributed by atoms with Crippen molar-refractivity contribution in [1.82, 2.24) is 9.55 Å². The van der Waals surface area contributed by atoms with E-state index in [1.807, 2.05) is 13.8 Å². The summed E-state index contributed by atoms with van der Waals surface area (Å²) in [5.74, 6) is -1.49. The molecule has 0 aliphatic carbocycles. The highest BCUT2D eigenvalue weighted by atomic mass is 35.5. The fourth-order valence-electron chi connectivity index (χ4n) is 1.48. The number of nitrogens with zero attached hydrogens (tertiary/aromatic N) is 2. The van der Waals surface area contributed by atoms with Gasteiger partial charge >= 0.3 is 5.97 Å². The van der Waals surface area contributed by atoms with Crippen molar-refractivity contribution in [2.75, 3.05) is 0 Å². The Morgan fingerprint density at radius 2 is 2.21 bits per heavy atom. The van der Waals surface area contributed by atoms with E-state index in [4.69, 9.17) is 16.7 Å². The summed E-state index contributed by atoms with van der Waals surface area (Å²) in [5.41, 5.74) is 0.564. The van der Waals surface area contributed by atoms with Gasteiger partial charge in [0.2, 0.25) is 0 Å². The number of rotatable bonds is 3. The SMILES string of the molecule is CC(C)C(C(=O)O)c1c(Cl)ncn1C. The number of carboxylic acids is 1. The van der Waals surface area contributed by atoms with E-state index in [0.29, 0.717) is 5.69 Å². The monoisotopic (exact) mass is 216 g/mol. The highest BCUT2D eigenvalue weighted by Crippen LogP contribution is 2.29. The van der Waals surface area contributed by atoms with Gasteiger partial charge in [0.25, 0.3) is 0 Å². The first-order valence-corrected chi connectivity index (χ1v) is 4.72. The van der Waals surface area contributed by atoms with E-state index in [2.05, 4.69) is 4.98 Å². The first-order chi connectivity index (χ1) is 6.45. The van der Waals surface area contributed by atoms with Crippen LogP contribution in [0, 0.1) is 5.92 Å². The Morgan fingerprint density at radius 3 is 2.50 bits per heavy atom. The second kappa shape index (κ2) is 4.00. The molecule has 4 nitrogen and oxygen atoms in total. The molecule has 0 saturated carbocycles. The van der Waals surface area contributed by atoms with Crippen molar-refractivity contribution in [3.8, 4) is 0 Å². The van der Waals surface area contributed by atoms with Crippen molar-refractivity contribution in [1.29, 1.82) is 0 Å². The number of hydrogen-bond donors (Lipinski definition) is 1. The van der Waals surface area contributed by atoms with E-state index in [1.165, 1.54) is 6.33 Å². The maximum Gasteiger partial charge on any atom is 0.312 e. The number of hydrogen-bond acceptors (Lipinski definition) is 2. The van der Waals surface area contributed by atoms with E-state index in [0.717, 1.165) is 0 Å². The van der Waals surface area contributed by atoms with E-state index < -0.39 is 11.9 Å². The maximum atomic E-state index is 11.0. The lowest BCUT2D eigenvalue weighted by Crippen LogP contribution is -2.20. The van der Waals surface area contributed by atoms with E-state index >= 15 is 0 Å². The van der Waals surface area contributed by atoms with Gasteiger partial charge in [0.15, 0.2) is 5.15 Å². The Labute approximate surface area is 87.5 Å². The van der Waals surface area contributed by atoms with Crippen LogP contribution >= 0.6 is 11.6 Å². The van der Waals surface area contributed by atoms with Crippen LogP contribution in [0.4, 0.5) is 0 Å². The lowest BCUT2D eigenvalue weighted by molar-refractivity contribution is -0.140. The maximum absolute atomic E-state index is 11.0. The van der Waals surface area contributed by atoms with Crippen molar-refractivity contribution in [3.05, 3.63) is 17.2 Å². The lowest BCUT2D eigenvalue weighted by atomic mass is 9.93. The first-order valence-electron chi connectivity index (χ1n) is 4.34. The summed E-state index contributed by atoms with van der Waals surface area (Å²) >= 11 is 5.83. The number of aromatic nitrogens is 2. The van der Waals surface area contributed by atoms with Gasteiger partial charge in [-0.15, -0.1) is 0 Å². The van der Waals surface area contributed by atoms with Gasteiger partial charge < -0.3 is 9.67 Å². The van der Waals surface area contributed by atoms with Crippen LogP contribution in [0.15, 0.2) is 6.33 Å². The molecule has 1 heterocycles. The van der Waals surface area contributed by atoms with Gasteiger partial charge in [0.05, 0.1) is 12.0 Å². The molecule has 1 aromatic heterocycles. The summed E-state index contributed by atoms with van der Waals surface area (Å²) in [7, 11) is 1.74. The standard InChI is InChI=1S/C9H13ClN2O2/c1-5(2)6(9(13)14)7-8(10)11-4-12(7)3/h4-6H,1-3H3,(H,13,14). The number of carbonyl (C=O) groups is 1.